The van der Waals surface area contributed by atoms with Gasteiger partial charge in [0.15, 0.2) is 0 Å². The van der Waals surface area contributed by atoms with Crippen molar-refractivity contribution in [1.82, 2.24) is 15.1 Å². The molecule has 3 aromatic rings. The topological polar surface area (TPSA) is 91.7 Å². The van der Waals surface area contributed by atoms with Crippen molar-refractivity contribution in [3.8, 4) is 11.5 Å². The normalized spacial score (nSPS) is 11.6. The molecule has 0 aliphatic carbocycles. The summed E-state index contributed by atoms with van der Waals surface area (Å²) < 4.78 is 16.7. The maximum Gasteiger partial charge on any atom is 0.272 e. The zero-order chi connectivity index (χ0) is 22.9. The number of amides is 1. The van der Waals surface area contributed by atoms with Crippen molar-refractivity contribution in [1.29, 1.82) is 0 Å². The Morgan fingerprint density at radius 3 is 2.16 bits per heavy atom. The second-order valence-electron chi connectivity index (χ2n) is 7.12. The Labute approximate surface area is 186 Å². The van der Waals surface area contributed by atoms with Crippen LogP contribution < -0.4 is 20.3 Å². The first kappa shape index (κ1) is 23.0. The molecule has 1 N–H and O–H groups in total. The smallest absolute Gasteiger partial charge is 0.272 e. The molecule has 0 aliphatic rings. The van der Waals surface area contributed by atoms with Crippen molar-refractivity contribution < 1.29 is 19.0 Å². The molecule has 0 radical (unpaired) electrons. The molecular formula is C24H27N3O5. The summed E-state index contributed by atoms with van der Waals surface area (Å²) in [6.07, 6.45) is 0.561. The lowest BCUT2D eigenvalue weighted by Crippen LogP contribution is -2.33. The number of benzene rings is 2. The zero-order valence-electron chi connectivity index (χ0n) is 18.4. The van der Waals surface area contributed by atoms with Gasteiger partial charge in [-0.15, -0.1) is 0 Å². The Hall–Kier alpha value is -3.65. The van der Waals surface area contributed by atoms with Gasteiger partial charge in [0, 0.05) is 13.2 Å². The first-order valence-electron chi connectivity index (χ1n) is 10.2. The quantitative estimate of drug-likeness (QED) is 0.524. The summed E-state index contributed by atoms with van der Waals surface area (Å²) in [5.41, 5.74) is 1.82. The number of carbonyl (C=O) groups excluding carboxylic acids is 1. The average molecular weight is 437 g/mol. The molecule has 8 heteroatoms. The van der Waals surface area contributed by atoms with Gasteiger partial charge in [-0.25, -0.2) is 4.68 Å². The van der Waals surface area contributed by atoms with E-state index in [0.717, 1.165) is 22.6 Å². The van der Waals surface area contributed by atoms with Crippen molar-refractivity contribution >= 4 is 5.91 Å². The Bertz CT molecular complexity index is 1080. The predicted octanol–water partition coefficient (Wildman–Crippen LogP) is 2.62. The van der Waals surface area contributed by atoms with Gasteiger partial charge in [-0.05, 0) is 47.9 Å². The van der Waals surface area contributed by atoms with E-state index in [1.807, 2.05) is 48.5 Å². The lowest BCUT2D eigenvalue weighted by Gasteiger charge is -2.20. The van der Waals surface area contributed by atoms with Crippen molar-refractivity contribution in [2.45, 2.75) is 19.0 Å². The number of aromatic nitrogens is 2. The van der Waals surface area contributed by atoms with Crippen LogP contribution in [0.25, 0.3) is 0 Å². The van der Waals surface area contributed by atoms with Crippen molar-refractivity contribution in [2.24, 2.45) is 0 Å². The van der Waals surface area contributed by atoms with E-state index < -0.39 is 0 Å². The molecule has 0 saturated carbocycles. The van der Waals surface area contributed by atoms with Crippen LogP contribution in [0.3, 0.4) is 0 Å². The number of ether oxygens (including phenoxy) is 3. The third-order valence-corrected chi connectivity index (χ3v) is 5.03. The van der Waals surface area contributed by atoms with Crippen molar-refractivity contribution in [2.75, 3.05) is 27.9 Å². The van der Waals surface area contributed by atoms with E-state index in [0.29, 0.717) is 13.0 Å². The Morgan fingerprint density at radius 2 is 1.56 bits per heavy atom. The van der Waals surface area contributed by atoms with Gasteiger partial charge in [-0.2, -0.15) is 5.10 Å². The summed E-state index contributed by atoms with van der Waals surface area (Å²) in [5, 5.41) is 7.24. The molecule has 0 bridgehead atoms. The lowest BCUT2D eigenvalue weighted by atomic mass is 9.98. The van der Waals surface area contributed by atoms with E-state index >= 15 is 0 Å². The number of nitrogens with zero attached hydrogens (tertiary/aromatic N) is 2. The number of rotatable bonds is 10. The SMILES string of the molecule is COCCn1nc(C(=O)N[C@H](Cc2ccc(OC)cc2)c2ccc(OC)cc2)ccc1=O. The largest absolute Gasteiger partial charge is 0.497 e. The molecule has 0 saturated heterocycles. The van der Waals surface area contributed by atoms with Crippen LogP contribution in [0.4, 0.5) is 0 Å². The molecule has 0 aliphatic heterocycles. The van der Waals surface area contributed by atoms with E-state index in [9.17, 15) is 9.59 Å². The van der Waals surface area contributed by atoms with Gasteiger partial charge in [-0.3, -0.25) is 9.59 Å². The van der Waals surface area contributed by atoms with E-state index in [1.54, 1.807) is 21.3 Å². The monoisotopic (exact) mass is 437 g/mol. The van der Waals surface area contributed by atoms with Gasteiger partial charge in [0.1, 0.15) is 17.2 Å². The molecule has 3 rings (SSSR count). The van der Waals surface area contributed by atoms with Gasteiger partial charge in [-0.1, -0.05) is 24.3 Å². The van der Waals surface area contributed by atoms with Gasteiger partial charge >= 0.3 is 0 Å². The lowest BCUT2D eigenvalue weighted by molar-refractivity contribution is 0.0927. The highest BCUT2D eigenvalue weighted by Crippen LogP contribution is 2.23. The maximum atomic E-state index is 13.0. The first-order valence-corrected chi connectivity index (χ1v) is 10.2. The Balaban J connectivity index is 1.85. The molecule has 1 heterocycles. The van der Waals surface area contributed by atoms with Crippen molar-refractivity contribution in [3.63, 3.8) is 0 Å². The van der Waals surface area contributed by atoms with Crippen LogP contribution in [0.2, 0.25) is 0 Å². The second kappa shape index (κ2) is 11.1. The number of carbonyl (C=O) groups is 1. The van der Waals surface area contributed by atoms with Crippen molar-refractivity contribution in [3.05, 3.63) is 87.8 Å². The fourth-order valence-electron chi connectivity index (χ4n) is 3.23. The minimum absolute atomic E-state index is 0.161. The molecule has 0 fully saturated rings. The summed E-state index contributed by atoms with van der Waals surface area (Å²) in [6, 6.07) is 17.7. The molecule has 1 amide bonds. The van der Waals surface area contributed by atoms with E-state index in [1.165, 1.54) is 16.8 Å². The minimum Gasteiger partial charge on any atom is -0.497 e. The van der Waals surface area contributed by atoms with Gasteiger partial charge in [0.2, 0.25) is 0 Å². The van der Waals surface area contributed by atoms with Crippen LogP contribution in [0.5, 0.6) is 11.5 Å². The second-order valence-corrected chi connectivity index (χ2v) is 7.12. The molecule has 168 valence electrons. The van der Waals surface area contributed by atoms with E-state index in [4.69, 9.17) is 14.2 Å². The molecule has 0 unspecified atom stereocenters. The molecule has 1 aromatic heterocycles. The molecule has 8 nitrogen and oxygen atoms in total. The fraction of sp³-hybridized carbons (Fsp3) is 0.292. The Morgan fingerprint density at radius 1 is 0.938 bits per heavy atom. The standard InChI is InChI=1S/C24H27N3O5/c1-30-15-14-27-23(28)13-12-21(26-27)24(29)25-22(18-6-10-20(32-3)11-7-18)16-17-4-8-19(31-2)9-5-17/h4-13,22H,14-16H2,1-3H3,(H,25,29)/t22-/m1/s1. The Kier molecular flexibility index (Phi) is 7.99. The molecule has 2 aromatic carbocycles. The highest BCUT2D eigenvalue weighted by atomic mass is 16.5. The molecule has 1 atom stereocenters. The highest BCUT2D eigenvalue weighted by molar-refractivity contribution is 5.92. The summed E-state index contributed by atoms with van der Waals surface area (Å²) in [7, 11) is 4.77. The van der Waals surface area contributed by atoms with Gasteiger partial charge in [0.25, 0.3) is 11.5 Å². The third kappa shape index (κ3) is 5.95. The number of hydrogen-bond donors (Lipinski definition) is 1. The van der Waals surface area contributed by atoms with E-state index in [-0.39, 0.29) is 29.7 Å². The van der Waals surface area contributed by atoms with Crippen LogP contribution in [-0.4, -0.2) is 43.6 Å². The first-order chi connectivity index (χ1) is 15.5. The zero-order valence-corrected chi connectivity index (χ0v) is 18.4. The van der Waals surface area contributed by atoms with Gasteiger partial charge in [0.05, 0.1) is 33.4 Å². The molecular weight excluding hydrogens is 410 g/mol. The molecule has 32 heavy (non-hydrogen) atoms. The number of methoxy groups -OCH3 is 3. The summed E-state index contributed by atoms with van der Waals surface area (Å²) in [6.45, 7) is 0.591. The van der Waals surface area contributed by atoms with Gasteiger partial charge < -0.3 is 19.5 Å². The third-order valence-electron chi connectivity index (χ3n) is 5.03. The minimum atomic E-state index is -0.370. The van der Waals surface area contributed by atoms with Crippen LogP contribution in [0.15, 0.2) is 65.5 Å². The van der Waals surface area contributed by atoms with Crippen LogP contribution in [0, 0.1) is 0 Å². The summed E-state index contributed by atoms with van der Waals surface area (Å²) in [4.78, 5) is 25.0. The van der Waals surface area contributed by atoms with Crippen LogP contribution in [0.1, 0.15) is 27.7 Å². The number of nitrogens with one attached hydrogen (secondary N) is 1. The average Bonchev–Trinajstić information content (AvgIpc) is 2.83. The maximum absolute atomic E-state index is 13.0. The summed E-state index contributed by atoms with van der Waals surface area (Å²) >= 11 is 0. The fourth-order valence-corrected chi connectivity index (χ4v) is 3.23. The van der Waals surface area contributed by atoms with E-state index in [2.05, 4.69) is 10.4 Å². The molecule has 0 spiro atoms. The predicted molar refractivity (Wildman–Crippen MR) is 120 cm³/mol. The van der Waals surface area contributed by atoms with Crippen LogP contribution in [-0.2, 0) is 17.7 Å². The van der Waals surface area contributed by atoms with Crippen LogP contribution >= 0.6 is 0 Å². The summed E-state index contributed by atoms with van der Waals surface area (Å²) in [5.74, 6) is 1.13. The number of hydrogen-bond acceptors (Lipinski definition) is 6. The highest BCUT2D eigenvalue weighted by Gasteiger charge is 2.18.